The third kappa shape index (κ3) is 3.54. The van der Waals surface area contributed by atoms with Gasteiger partial charge in [0, 0.05) is 6.07 Å². The second-order valence-electron chi connectivity index (χ2n) is 5.24. The van der Waals surface area contributed by atoms with Crippen LogP contribution in [0.4, 0.5) is 11.4 Å². The van der Waals surface area contributed by atoms with E-state index in [4.69, 9.17) is 26.8 Å². The first-order chi connectivity index (χ1) is 9.62. The standard InChI is InChI=1S/C13H19N3O5/c1-13(2,3)20-11(17)9-8(12(18)21-16)7(19-4)5-6(14)10(9)15/h5H,14-16H2,1-4H3. The Morgan fingerprint density at radius 1 is 1.10 bits per heavy atom. The fraction of sp³-hybridized carbons (Fsp3) is 0.385. The van der Waals surface area contributed by atoms with Crippen molar-refractivity contribution < 1.29 is 23.9 Å². The number of esters is 1. The van der Waals surface area contributed by atoms with Crippen molar-refractivity contribution in [1.29, 1.82) is 0 Å². The highest BCUT2D eigenvalue weighted by Gasteiger charge is 2.30. The predicted octanol–water partition coefficient (Wildman–Crippen LogP) is 0.845. The van der Waals surface area contributed by atoms with Crippen LogP contribution in [0.25, 0.3) is 0 Å². The molecule has 1 aromatic rings. The molecule has 0 saturated heterocycles. The van der Waals surface area contributed by atoms with Gasteiger partial charge in [-0.25, -0.2) is 9.59 Å². The Balaban J connectivity index is 3.57. The molecule has 6 N–H and O–H groups in total. The second kappa shape index (κ2) is 5.88. The van der Waals surface area contributed by atoms with Crippen molar-refractivity contribution in [2.45, 2.75) is 26.4 Å². The number of nitrogens with two attached hydrogens (primary N) is 3. The summed E-state index contributed by atoms with van der Waals surface area (Å²) in [6.45, 7) is 5.02. The van der Waals surface area contributed by atoms with Crippen LogP contribution >= 0.6 is 0 Å². The van der Waals surface area contributed by atoms with Gasteiger partial charge in [0.05, 0.1) is 18.5 Å². The van der Waals surface area contributed by atoms with Crippen LogP contribution in [-0.4, -0.2) is 24.6 Å². The maximum Gasteiger partial charge on any atom is 0.361 e. The summed E-state index contributed by atoms with van der Waals surface area (Å²) in [7, 11) is 1.30. The van der Waals surface area contributed by atoms with E-state index in [-0.39, 0.29) is 28.3 Å². The van der Waals surface area contributed by atoms with Crippen LogP contribution in [0.2, 0.25) is 0 Å². The van der Waals surface area contributed by atoms with Crippen molar-refractivity contribution in [1.82, 2.24) is 0 Å². The molecule has 0 heterocycles. The fourth-order valence-corrected chi connectivity index (χ4v) is 1.66. The van der Waals surface area contributed by atoms with E-state index in [0.29, 0.717) is 0 Å². The van der Waals surface area contributed by atoms with Crippen molar-refractivity contribution in [3.05, 3.63) is 17.2 Å². The molecule has 1 aromatic carbocycles. The number of nitrogen functional groups attached to an aromatic ring is 2. The lowest BCUT2D eigenvalue weighted by Gasteiger charge is -2.22. The topological polar surface area (TPSA) is 140 Å². The zero-order valence-corrected chi connectivity index (χ0v) is 12.4. The monoisotopic (exact) mass is 297 g/mol. The zero-order valence-electron chi connectivity index (χ0n) is 12.4. The van der Waals surface area contributed by atoms with Crippen LogP contribution < -0.4 is 22.1 Å². The van der Waals surface area contributed by atoms with Gasteiger partial charge in [-0.2, -0.15) is 5.90 Å². The lowest BCUT2D eigenvalue weighted by atomic mass is 10.0. The highest BCUT2D eigenvalue weighted by atomic mass is 16.7. The summed E-state index contributed by atoms with van der Waals surface area (Å²) < 4.78 is 10.2. The molecule has 0 unspecified atom stereocenters. The largest absolute Gasteiger partial charge is 0.496 e. The number of hydrogen-bond acceptors (Lipinski definition) is 8. The van der Waals surface area contributed by atoms with Crippen molar-refractivity contribution in [3.8, 4) is 5.75 Å². The number of benzene rings is 1. The van der Waals surface area contributed by atoms with E-state index in [0.717, 1.165) is 0 Å². The van der Waals surface area contributed by atoms with Gasteiger partial charge in [0.25, 0.3) is 0 Å². The summed E-state index contributed by atoms with van der Waals surface area (Å²) in [4.78, 5) is 28.3. The van der Waals surface area contributed by atoms with E-state index in [1.165, 1.54) is 13.2 Å². The zero-order chi connectivity index (χ0) is 16.4. The van der Waals surface area contributed by atoms with Gasteiger partial charge < -0.3 is 25.8 Å². The number of carbonyl (C=O) groups excluding carboxylic acids is 2. The Morgan fingerprint density at radius 3 is 2.10 bits per heavy atom. The fourth-order valence-electron chi connectivity index (χ4n) is 1.66. The van der Waals surface area contributed by atoms with Gasteiger partial charge in [-0.15, -0.1) is 0 Å². The molecular weight excluding hydrogens is 278 g/mol. The van der Waals surface area contributed by atoms with Gasteiger partial charge >= 0.3 is 11.9 Å². The summed E-state index contributed by atoms with van der Waals surface area (Å²) in [5.74, 6) is 3.08. The minimum absolute atomic E-state index is 0.0120. The smallest absolute Gasteiger partial charge is 0.361 e. The number of carbonyl (C=O) groups is 2. The van der Waals surface area contributed by atoms with E-state index < -0.39 is 17.5 Å². The molecule has 0 saturated carbocycles. The lowest BCUT2D eigenvalue weighted by molar-refractivity contribution is 0.00650. The average Bonchev–Trinajstić information content (AvgIpc) is 2.37. The van der Waals surface area contributed by atoms with Gasteiger partial charge in [-0.05, 0) is 20.8 Å². The highest BCUT2D eigenvalue weighted by Crippen LogP contribution is 2.34. The third-order valence-corrected chi connectivity index (χ3v) is 2.50. The van der Waals surface area contributed by atoms with Crippen molar-refractivity contribution >= 4 is 23.3 Å². The van der Waals surface area contributed by atoms with E-state index >= 15 is 0 Å². The molecule has 0 spiro atoms. The second-order valence-corrected chi connectivity index (χ2v) is 5.24. The molecule has 0 aliphatic rings. The normalized spacial score (nSPS) is 10.9. The molecule has 0 bridgehead atoms. The van der Waals surface area contributed by atoms with Crippen LogP contribution in [0.15, 0.2) is 6.07 Å². The maximum atomic E-state index is 12.3. The lowest BCUT2D eigenvalue weighted by Crippen LogP contribution is -2.27. The Morgan fingerprint density at radius 2 is 1.67 bits per heavy atom. The van der Waals surface area contributed by atoms with Crippen LogP contribution in [-0.2, 0) is 9.57 Å². The van der Waals surface area contributed by atoms with Gasteiger partial charge in [-0.3, -0.25) is 0 Å². The van der Waals surface area contributed by atoms with Crippen LogP contribution in [0, 0.1) is 0 Å². The summed E-state index contributed by atoms with van der Waals surface area (Å²) in [6.07, 6.45) is 0. The molecule has 0 amide bonds. The molecule has 116 valence electrons. The molecule has 0 aliphatic heterocycles. The average molecular weight is 297 g/mol. The molecule has 0 aromatic heterocycles. The number of rotatable bonds is 3. The number of anilines is 2. The number of ether oxygens (including phenoxy) is 2. The SMILES string of the molecule is COc1cc(N)c(N)c(C(=O)OC(C)(C)C)c1C(=O)ON. The minimum Gasteiger partial charge on any atom is -0.496 e. The third-order valence-electron chi connectivity index (χ3n) is 2.50. The van der Waals surface area contributed by atoms with Crippen LogP contribution in [0.5, 0.6) is 5.75 Å². The Kier molecular flexibility index (Phi) is 4.64. The van der Waals surface area contributed by atoms with Crippen LogP contribution in [0.3, 0.4) is 0 Å². The predicted molar refractivity (Wildman–Crippen MR) is 76.6 cm³/mol. The molecule has 0 radical (unpaired) electrons. The molecule has 0 aliphatic carbocycles. The molecular formula is C13H19N3O5. The highest BCUT2D eigenvalue weighted by molar-refractivity contribution is 6.10. The van der Waals surface area contributed by atoms with Crippen molar-refractivity contribution in [2.75, 3.05) is 18.6 Å². The van der Waals surface area contributed by atoms with E-state index in [9.17, 15) is 9.59 Å². The Hall–Kier alpha value is -2.48. The number of methoxy groups -OCH3 is 1. The van der Waals surface area contributed by atoms with Crippen molar-refractivity contribution in [3.63, 3.8) is 0 Å². The Labute approximate surface area is 122 Å². The summed E-state index contributed by atoms with van der Waals surface area (Å²) >= 11 is 0. The van der Waals surface area contributed by atoms with E-state index in [2.05, 4.69) is 4.84 Å². The first-order valence-electron chi connectivity index (χ1n) is 6.02. The van der Waals surface area contributed by atoms with E-state index in [1.807, 2.05) is 0 Å². The Bertz CT molecular complexity index is 578. The summed E-state index contributed by atoms with van der Waals surface area (Å²) in [5, 5.41) is 0. The van der Waals surface area contributed by atoms with Gasteiger partial charge in [0.15, 0.2) is 0 Å². The molecule has 8 heteroatoms. The minimum atomic E-state index is -0.987. The number of hydrogen-bond donors (Lipinski definition) is 3. The summed E-state index contributed by atoms with van der Waals surface area (Å²) in [6, 6.07) is 1.30. The maximum absolute atomic E-state index is 12.3. The molecule has 8 nitrogen and oxygen atoms in total. The first-order valence-corrected chi connectivity index (χ1v) is 6.02. The van der Waals surface area contributed by atoms with Crippen LogP contribution in [0.1, 0.15) is 41.5 Å². The quantitative estimate of drug-likeness (QED) is 0.423. The van der Waals surface area contributed by atoms with E-state index in [1.54, 1.807) is 20.8 Å². The van der Waals surface area contributed by atoms with Gasteiger partial charge in [0.2, 0.25) is 0 Å². The molecule has 0 fully saturated rings. The molecule has 0 atom stereocenters. The van der Waals surface area contributed by atoms with Gasteiger partial charge in [0.1, 0.15) is 22.5 Å². The first kappa shape index (κ1) is 16.6. The summed E-state index contributed by atoms with van der Waals surface area (Å²) in [5.41, 5.74) is 10.2. The molecule has 1 rings (SSSR count). The van der Waals surface area contributed by atoms with Crippen molar-refractivity contribution in [2.24, 2.45) is 5.90 Å². The molecule has 21 heavy (non-hydrogen) atoms. The van der Waals surface area contributed by atoms with Gasteiger partial charge in [-0.1, -0.05) is 0 Å².